The number of rotatable bonds is 9. The van der Waals surface area contributed by atoms with Gasteiger partial charge >= 0.3 is 5.97 Å². The van der Waals surface area contributed by atoms with Crippen molar-refractivity contribution in [3.8, 4) is 5.75 Å². The summed E-state index contributed by atoms with van der Waals surface area (Å²) in [6.07, 6.45) is 0.438. The number of benzene rings is 3. The predicted molar refractivity (Wildman–Crippen MR) is 120 cm³/mol. The highest BCUT2D eigenvalue weighted by Gasteiger charge is 2.22. The highest BCUT2D eigenvalue weighted by atomic mass is 35.5. The molecule has 0 unspecified atom stereocenters. The molecule has 0 saturated carbocycles. The Morgan fingerprint density at radius 1 is 0.903 bits per heavy atom. The van der Waals surface area contributed by atoms with E-state index in [1.165, 1.54) is 7.11 Å². The first-order valence-corrected chi connectivity index (χ1v) is 10.3. The summed E-state index contributed by atoms with van der Waals surface area (Å²) >= 11 is 6.38. The Bertz CT molecular complexity index is 1010. The summed E-state index contributed by atoms with van der Waals surface area (Å²) in [5.74, 6) is -0.213. The van der Waals surface area contributed by atoms with E-state index in [0.29, 0.717) is 17.4 Å². The summed E-state index contributed by atoms with van der Waals surface area (Å²) in [5.41, 5.74) is 2.69. The second kappa shape index (κ2) is 11.2. The lowest BCUT2D eigenvalue weighted by Gasteiger charge is -2.17. The Morgan fingerprint density at radius 2 is 1.55 bits per heavy atom. The maximum absolute atomic E-state index is 12.4. The van der Waals surface area contributed by atoms with Gasteiger partial charge in [0, 0.05) is 6.42 Å². The van der Waals surface area contributed by atoms with Crippen molar-refractivity contribution >= 4 is 23.5 Å². The van der Waals surface area contributed by atoms with E-state index in [1.807, 2.05) is 66.7 Å². The lowest BCUT2D eigenvalue weighted by molar-refractivity contribution is -0.145. The molecule has 1 amide bonds. The molecule has 0 aliphatic carbocycles. The van der Waals surface area contributed by atoms with Gasteiger partial charge in [0.15, 0.2) is 0 Å². The molecule has 3 aromatic carbocycles. The fourth-order valence-corrected chi connectivity index (χ4v) is 3.38. The molecule has 0 heterocycles. The number of carbonyl (C=O) groups is 2. The number of hydrogen-bond acceptors (Lipinski definition) is 4. The van der Waals surface area contributed by atoms with Crippen LogP contribution in [0.1, 0.15) is 16.7 Å². The lowest BCUT2D eigenvalue weighted by atomic mass is 10.0. The molecule has 0 bridgehead atoms. The number of nitrogens with one attached hydrogen (secondary N) is 1. The van der Waals surface area contributed by atoms with Crippen molar-refractivity contribution in [2.24, 2.45) is 0 Å². The summed E-state index contributed by atoms with van der Waals surface area (Å²) in [4.78, 5) is 24.6. The van der Waals surface area contributed by atoms with E-state index in [9.17, 15) is 9.59 Å². The van der Waals surface area contributed by atoms with Gasteiger partial charge in [-0.2, -0.15) is 0 Å². The second-order valence-corrected chi connectivity index (χ2v) is 7.46. The summed E-state index contributed by atoms with van der Waals surface area (Å²) < 4.78 is 10.7. The SMILES string of the molecule is COC(=O)[C@@H](Cc1ccc(OCc2ccccc2)c(Cl)c1)NC(=O)Cc1ccccc1. The number of esters is 1. The van der Waals surface area contributed by atoms with Gasteiger partial charge in [-0.05, 0) is 28.8 Å². The minimum atomic E-state index is -0.812. The van der Waals surface area contributed by atoms with Crippen LogP contribution >= 0.6 is 11.6 Å². The minimum Gasteiger partial charge on any atom is -0.487 e. The van der Waals surface area contributed by atoms with Crippen LogP contribution in [0.15, 0.2) is 78.9 Å². The van der Waals surface area contributed by atoms with Crippen molar-refractivity contribution in [2.75, 3.05) is 7.11 Å². The van der Waals surface area contributed by atoms with Crippen molar-refractivity contribution in [3.63, 3.8) is 0 Å². The van der Waals surface area contributed by atoms with E-state index in [1.54, 1.807) is 12.1 Å². The number of hydrogen-bond donors (Lipinski definition) is 1. The molecule has 3 rings (SSSR count). The molecule has 0 aliphatic rings. The van der Waals surface area contributed by atoms with Crippen LogP contribution < -0.4 is 10.1 Å². The molecule has 3 aromatic rings. The van der Waals surface area contributed by atoms with Gasteiger partial charge in [0.25, 0.3) is 0 Å². The van der Waals surface area contributed by atoms with E-state index >= 15 is 0 Å². The zero-order valence-corrected chi connectivity index (χ0v) is 18.0. The fraction of sp³-hybridized carbons (Fsp3) is 0.200. The third kappa shape index (κ3) is 6.86. The molecule has 31 heavy (non-hydrogen) atoms. The molecular weight excluding hydrogens is 414 g/mol. The molecular formula is C25H24ClNO4. The molecule has 0 saturated heterocycles. The van der Waals surface area contributed by atoms with Crippen molar-refractivity contribution in [1.29, 1.82) is 0 Å². The Hall–Kier alpha value is -3.31. The third-order valence-electron chi connectivity index (χ3n) is 4.70. The quantitative estimate of drug-likeness (QED) is 0.505. The number of halogens is 1. The van der Waals surface area contributed by atoms with Gasteiger partial charge in [0.1, 0.15) is 18.4 Å². The smallest absolute Gasteiger partial charge is 0.328 e. The average Bonchev–Trinajstić information content (AvgIpc) is 2.79. The van der Waals surface area contributed by atoms with Crippen LogP contribution in [0.4, 0.5) is 0 Å². The van der Waals surface area contributed by atoms with Crippen molar-refractivity contribution < 1.29 is 19.1 Å². The third-order valence-corrected chi connectivity index (χ3v) is 5.00. The number of carbonyl (C=O) groups excluding carboxylic acids is 2. The summed E-state index contributed by atoms with van der Waals surface area (Å²) in [6.45, 7) is 0.403. The first-order valence-electron chi connectivity index (χ1n) is 9.91. The Morgan fingerprint density at radius 3 is 2.16 bits per heavy atom. The van der Waals surface area contributed by atoms with E-state index in [2.05, 4.69) is 5.32 Å². The van der Waals surface area contributed by atoms with Gasteiger partial charge in [-0.15, -0.1) is 0 Å². The van der Waals surface area contributed by atoms with Crippen molar-refractivity contribution in [2.45, 2.75) is 25.5 Å². The summed E-state index contributed by atoms with van der Waals surface area (Å²) in [6, 6.07) is 23.6. The summed E-state index contributed by atoms with van der Waals surface area (Å²) in [5, 5.41) is 3.20. The number of amides is 1. The van der Waals surface area contributed by atoms with Crippen LogP contribution in [0, 0.1) is 0 Å². The maximum Gasteiger partial charge on any atom is 0.328 e. The Kier molecular flexibility index (Phi) is 8.07. The van der Waals surface area contributed by atoms with Crippen LogP contribution in [0.25, 0.3) is 0 Å². The van der Waals surface area contributed by atoms with E-state index in [4.69, 9.17) is 21.1 Å². The van der Waals surface area contributed by atoms with Crippen LogP contribution in [0.5, 0.6) is 5.75 Å². The molecule has 5 nitrogen and oxygen atoms in total. The van der Waals surface area contributed by atoms with Crippen molar-refractivity contribution in [3.05, 3.63) is 101 Å². The first-order chi connectivity index (χ1) is 15.0. The van der Waals surface area contributed by atoms with E-state index in [0.717, 1.165) is 16.7 Å². The molecule has 0 radical (unpaired) electrons. The Balaban J connectivity index is 1.63. The van der Waals surface area contributed by atoms with Gasteiger partial charge in [-0.25, -0.2) is 4.79 Å². The summed E-state index contributed by atoms with van der Waals surface area (Å²) in [7, 11) is 1.30. The van der Waals surface area contributed by atoms with Gasteiger partial charge in [0.2, 0.25) is 5.91 Å². The first kappa shape index (κ1) is 22.4. The molecule has 0 aromatic heterocycles. The number of ether oxygens (including phenoxy) is 2. The largest absolute Gasteiger partial charge is 0.487 e. The standard InChI is InChI=1S/C25H24ClNO4/c1-30-25(29)22(27-24(28)16-18-8-4-2-5-9-18)15-20-12-13-23(21(26)14-20)31-17-19-10-6-3-7-11-19/h2-14,22H,15-17H2,1H3,(H,27,28)/t22-/m1/s1. The topological polar surface area (TPSA) is 64.6 Å². The monoisotopic (exact) mass is 437 g/mol. The molecule has 6 heteroatoms. The average molecular weight is 438 g/mol. The van der Waals surface area contributed by atoms with E-state index < -0.39 is 12.0 Å². The fourth-order valence-electron chi connectivity index (χ4n) is 3.12. The normalized spacial score (nSPS) is 11.4. The van der Waals surface area contributed by atoms with Gasteiger partial charge in [0.05, 0.1) is 18.6 Å². The zero-order chi connectivity index (χ0) is 22.1. The Labute approximate surface area is 187 Å². The number of methoxy groups -OCH3 is 1. The van der Waals surface area contributed by atoms with Crippen LogP contribution in [0.2, 0.25) is 5.02 Å². The van der Waals surface area contributed by atoms with Gasteiger partial charge in [-0.1, -0.05) is 78.3 Å². The molecule has 1 N–H and O–H groups in total. The van der Waals surface area contributed by atoms with Gasteiger partial charge in [-0.3, -0.25) is 4.79 Å². The molecule has 0 aliphatic heterocycles. The molecule has 0 fully saturated rings. The highest BCUT2D eigenvalue weighted by Crippen LogP contribution is 2.27. The van der Waals surface area contributed by atoms with Crippen LogP contribution in [-0.2, 0) is 33.8 Å². The van der Waals surface area contributed by atoms with Crippen molar-refractivity contribution in [1.82, 2.24) is 5.32 Å². The van der Waals surface area contributed by atoms with Crippen LogP contribution in [0.3, 0.4) is 0 Å². The van der Waals surface area contributed by atoms with Crippen LogP contribution in [-0.4, -0.2) is 25.0 Å². The maximum atomic E-state index is 12.4. The zero-order valence-electron chi connectivity index (χ0n) is 17.2. The second-order valence-electron chi connectivity index (χ2n) is 7.05. The van der Waals surface area contributed by atoms with E-state index in [-0.39, 0.29) is 18.7 Å². The minimum absolute atomic E-state index is 0.182. The lowest BCUT2D eigenvalue weighted by Crippen LogP contribution is -2.43. The van der Waals surface area contributed by atoms with Gasteiger partial charge < -0.3 is 14.8 Å². The molecule has 1 atom stereocenters. The molecule has 0 spiro atoms. The highest BCUT2D eigenvalue weighted by molar-refractivity contribution is 6.32. The molecule has 160 valence electrons. The predicted octanol–water partition coefficient (Wildman–Crippen LogP) is 4.36.